The van der Waals surface area contributed by atoms with Gasteiger partial charge in [-0.15, -0.1) is 0 Å². The zero-order chi connectivity index (χ0) is 12.8. The van der Waals surface area contributed by atoms with E-state index in [0.29, 0.717) is 0 Å². The van der Waals surface area contributed by atoms with Crippen molar-refractivity contribution in [1.29, 1.82) is 0 Å². The number of nitrogen functional groups attached to an aromatic ring is 1. The van der Waals surface area contributed by atoms with Gasteiger partial charge in [0.2, 0.25) is 0 Å². The largest absolute Gasteiger partial charge is 0.399 e. The number of anilines is 1. The molecule has 18 heavy (non-hydrogen) atoms. The van der Waals surface area contributed by atoms with Gasteiger partial charge < -0.3 is 10.6 Å². The van der Waals surface area contributed by atoms with E-state index >= 15 is 0 Å². The summed E-state index contributed by atoms with van der Waals surface area (Å²) in [5, 5.41) is 0. The quantitative estimate of drug-likeness (QED) is 0.780. The monoisotopic (exact) mass is 246 g/mol. The molecule has 2 rings (SSSR count). The minimum absolute atomic E-state index is 0.886. The molecule has 100 valence electrons. The van der Waals surface area contributed by atoms with Gasteiger partial charge in [0.05, 0.1) is 0 Å². The molecular weight excluding hydrogens is 220 g/mol. The molecule has 1 aliphatic heterocycles. The molecule has 0 spiro atoms. The van der Waals surface area contributed by atoms with E-state index in [4.69, 9.17) is 5.73 Å². The molecule has 1 aromatic rings. The van der Waals surface area contributed by atoms with Crippen LogP contribution < -0.4 is 5.73 Å². The Morgan fingerprint density at radius 3 is 3.06 bits per heavy atom. The summed E-state index contributed by atoms with van der Waals surface area (Å²) in [6.45, 7) is 6.17. The standard InChI is InChI=1S/C16H26N2/c1-2-5-15-9-11-18(13-15)10-4-7-14-6-3-8-16(17)12-14/h3,6,8,12,15H,2,4-5,7,9-11,13,17H2,1H3. The molecule has 0 radical (unpaired) electrons. The van der Waals surface area contributed by atoms with Crippen LogP contribution in [-0.2, 0) is 6.42 Å². The fourth-order valence-electron chi connectivity index (χ4n) is 3.02. The van der Waals surface area contributed by atoms with Crippen molar-refractivity contribution < 1.29 is 0 Å². The Balaban J connectivity index is 1.67. The first kappa shape index (κ1) is 13.4. The zero-order valence-electron chi connectivity index (χ0n) is 11.6. The van der Waals surface area contributed by atoms with Crippen molar-refractivity contribution in [3.63, 3.8) is 0 Å². The average Bonchev–Trinajstić information content (AvgIpc) is 2.78. The molecule has 0 saturated carbocycles. The van der Waals surface area contributed by atoms with Crippen molar-refractivity contribution in [2.75, 3.05) is 25.4 Å². The molecule has 0 amide bonds. The van der Waals surface area contributed by atoms with Crippen molar-refractivity contribution in [2.45, 2.75) is 39.0 Å². The molecule has 1 heterocycles. The van der Waals surface area contributed by atoms with Crippen LogP contribution in [0.15, 0.2) is 24.3 Å². The summed E-state index contributed by atoms with van der Waals surface area (Å²) in [6.07, 6.45) is 6.56. The first-order valence-electron chi connectivity index (χ1n) is 7.34. The van der Waals surface area contributed by atoms with Gasteiger partial charge in [-0.05, 0) is 62.4 Å². The summed E-state index contributed by atoms with van der Waals surface area (Å²) >= 11 is 0. The maximum atomic E-state index is 5.79. The molecule has 1 aliphatic rings. The molecule has 1 aromatic carbocycles. The fraction of sp³-hybridized carbons (Fsp3) is 0.625. The number of aryl methyl sites for hydroxylation is 1. The van der Waals surface area contributed by atoms with Gasteiger partial charge in [-0.3, -0.25) is 0 Å². The highest BCUT2D eigenvalue weighted by atomic mass is 15.1. The third-order valence-electron chi connectivity index (χ3n) is 3.96. The number of nitrogens with two attached hydrogens (primary N) is 1. The molecule has 2 N–H and O–H groups in total. The van der Waals surface area contributed by atoms with Crippen LogP contribution in [0.25, 0.3) is 0 Å². The van der Waals surface area contributed by atoms with Crippen LogP contribution in [0.3, 0.4) is 0 Å². The van der Waals surface area contributed by atoms with Crippen LogP contribution in [0.4, 0.5) is 5.69 Å². The zero-order valence-corrected chi connectivity index (χ0v) is 11.6. The Morgan fingerprint density at radius 1 is 1.39 bits per heavy atom. The number of benzene rings is 1. The summed E-state index contributed by atoms with van der Waals surface area (Å²) in [5.74, 6) is 0.961. The predicted octanol–water partition coefficient (Wildman–Crippen LogP) is 3.32. The summed E-state index contributed by atoms with van der Waals surface area (Å²) in [7, 11) is 0. The van der Waals surface area contributed by atoms with Gasteiger partial charge in [0.25, 0.3) is 0 Å². The van der Waals surface area contributed by atoms with Gasteiger partial charge in [0.1, 0.15) is 0 Å². The predicted molar refractivity (Wildman–Crippen MR) is 78.6 cm³/mol. The van der Waals surface area contributed by atoms with E-state index in [1.807, 2.05) is 6.07 Å². The second-order valence-corrected chi connectivity index (χ2v) is 5.59. The number of nitrogens with zero attached hydrogens (tertiary/aromatic N) is 1. The van der Waals surface area contributed by atoms with Crippen LogP contribution in [0.1, 0.15) is 38.2 Å². The van der Waals surface area contributed by atoms with E-state index in [1.54, 1.807) is 0 Å². The molecule has 1 fully saturated rings. The molecule has 0 aromatic heterocycles. The van der Waals surface area contributed by atoms with Crippen molar-refractivity contribution in [3.8, 4) is 0 Å². The first-order valence-corrected chi connectivity index (χ1v) is 7.34. The van der Waals surface area contributed by atoms with Crippen molar-refractivity contribution in [3.05, 3.63) is 29.8 Å². The third-order valence-corrected chi connectivity index (χ3v) is 3.96. The third kappa shape index (κ3) is 4.02. The smallest absolute Gasteiger partial charge is 0.0316 e. The van der Waals surface area contributed by atoms with Gasteiger partial charge in [-0.2, -0.15) is 0 Å². The van der Waals surface area contributed by atoms with Gasteiger partial charge in [-0.25, -0.2) is 0 Å². The molecule has 2 nitrogen and oxygen atoms in total. The first-order chi connectivity index (χ1) is 8.78. The summed E-state index contributed by atoms with van der Waals surface area (Å²) in [4.78, 5) is 2.63. The van der Waals surface area contributed by atoms with E-state index < -0.39 is 0 Å². The number of likely N-dealkylation sites (tertiary alicyclic amines) is 1. The minimum Gasteiger partial charge on any atom is -0.399 e. The molecular formula is C16H26N2. The molecule has 0 bridgehead atoms. The van der Waals surface area contributed by atoms with Crippen LogP contribution >= 0.6 is 0 Å². The van der Waals surface area contributed by atoms with E-state index in [-0.39, 0.29) is 0 Å². The highest BCUT2D eigenvalue weighted by molar-refractivity contribution is 5.40. The minimum atomic E-state index is 0.886. The maximum absolute atomic E-state index is 5.79. The molecule has 1 saturated heterocycles. The van der Waals surface area contributed by atoms with Crippen LogP contribution in [0.5, 0.6) is 0 Å². The second-order valence-electron chi connectivity index (χ2n) is 5.59. The van der Waals surface area contributed by atoms with E-state index in [2.05, 4.69) is 30.0 Å². The fourth-order valence-corrected chi connectivity index (χ4v) is 3.02. The number of hydrogen-bond acceptors (Lipinski definition) is 2. The van der Waals surface area contributed by atoms with Crippen LogP contribution in [-0.4, -0.2) is 24.5 Å². The van der Waals surface area contributed by atoms with Gasteiger partial charge in [-0.1, -0.05) is 25.5 Å². The van der Waals surface area contributed by atoms with E-state index in [0.717, 1.165) is 18.0 Å². The van der Waals surface area contributed by atoms with E-state index in [1.165, 1.54) is 50.9 Å². The summed E-state index contributed by atoms with van der Waals surface area (Å²) < 4.78 is 0. The molecule has 2 heteroatoms. The maximum Gasteiger partial charge on any atom is 0.0316 e. The van der Waals surface area contributed by atoms with Crippen molar-refractivity contribution in [2.24, 2.45) is 5.92 Å². The Morgan fingerprint density at radius 2 is 2.28 bits per heavy atom. The van der Waals surface area contributed by atoms with Crippen LogP contribution in [0, 0.1) is 5.92 Å². The second kappa shape index (κ2) is 6.79. The Bertz CT molecular complexity index is 362. The Kier molecular flexibility index (Phi) is 5.06. The average molecular weight is 246 g/mol. The Hall–Kier alpha value is -1.02. The van der Waals surface area contributed by atoms with Crippen LogP contribution in [0.2, 0.25) is 0 Å². The lowest BCUT2D eigenvalue weighted by atomic mass is 10.0. The summed E-state index contributed by atoms with van der Waals surface area (Å²) in [5.41, 5.74) is 8.05. The topological polar surface area (TPSA) is 29.3 Å². The lowest BCUT2D eigenvalue weighted by molar-refractivity contribution is 0.316. The highest BCUT2D eigenvalue weighted by Crippen LogP contribution is 2.21. The number of rotatable bonds is 6. The SMILES string of the molecule is CCCC1CCN(CCCc2cccc(N)c2)C1. The lowest BCUT2D eigenvalue weighted by Crippen LogP contribution is -2.22. The lowest BCUT2D eigenvalue weighted by Gasteiger charge is -2.15. The highest BCUT2D eigenvalue weighted by Gasteiger charge is 2.20. The van der Waals surface area contributed by atoms with E-state index in [9.17, 15) is 0 Å². The van der Waals surface area contributed by atoms with Gasteiger partial charge in [0.15, 0.2) is 0 Å². The molecule has 0 aliphatic carbocycles. The van der Waals surface area contributed by atoms with Gasteiger partial charge >= 0.3 is 0 Å². The summed E-state index contributed by atoms with van der Waals surface area (Å²) in [6, 6.07) is 8.29. The number of hydrogen-bond donors (Lipinski definition) is 1. The Labute approximate surface area is 111 Å². The van der Waals surface area contributed by atoms with Crippen molar-refractivity contribution >= 4 is 5.69 Å². The molecule has 1 unspecified atom stereocenters. The molecule has 1 atom stereocenters. The normalized spacial score (nSPS) is 20.4. The van der Waals surface area contributed by atoms with Crippen molar-refractivity contribution in [1.82, 2.24) is 4.90 Å². The van der Waals surface area contributed by atoms with Gasteiger partial charge in [0, 0.05) is 12.2 Å².